The quantitative estimate of drug-likeness (QED) is 0.687. The molecule has 0 bridgehead atoms. The minimum absolute atomic E-state index is 0.324. The van der Waals surface area contributed by atoms with Gasteiger partial charge in [-0.05, 0) is 6.92 Å². The largest absolute Gasteiger partial charge is 0.376 e. The molecule has 0 amide bonds. The van der Waals surface area contributed by atoms with Crippen LogP contribution in [0.1, 0.15) is 6.92 Å². The Hall–Kier alpha value is -2.12. The van der Waals surface area contributed by atoms with Crippen LogP contribution in [0.25, 0.3) is 0 Å². The molecule has 2 aromatic heterocycles. The first kappa shape index (κ1) is 13.3. The molecule has 1 unspecified atom stereocenters. The van der Waals surface area contributed by atoms with E-state index in [1.165, 1.54) is 6.33 Å². The molecule has 0 aromatic carbocycles. The second kappa shape index (κ2) is 5.25. The first-order valence-corrected chi connectivity index (χ1v) is 5.41. The number of aromatic nitrogens is 3. The highest BCUT2D eigenvalue weighted by molar-refractivity contribution is 5.46. The molecule has 1 atom stereocenters. The number of hydrogen-bond donors (Lipinski definition) is 1. The van der Waals surface area contributed by atoms with Crippen molar-refractivity contribution < 1.29 is 17.6 Å². The highest BCUT2D eigenvalue weighted by Gasteiger charge is 2.21. The zero-order chi connectivity index (χ0) is 14.0. The molecule has 0 saturated heterocycles. The van der Waals surface area contributed by atoms with Gasteiger partial charge in [0.2, 0.25) is 11.6 Å². The van der Waals surface area contributed by atoms with Gasteiger partial charge in [-0.3, -0.25) is 0 Å². The summed E-state index contributed by atoms with van der Waals surface area (Å²) in [6.45, 7) is 1.93. The fourth-order valence-corrected chi connectivity index (χ4v) is 1.62. The van der Waals surface area contributed by atoms with E-state index in [1.54, 1.807) is 23.9 Å². The molecular formula is C11H10F4N4. The maximum atomic E-state index is 13.4. The normalized spacial score (nSPS) is 12.5. The van der Waals surface area contributed by atoms with Crippen molar-refractivity contribution in [3.63, 3.8) is 0 Å². The summed E-state index contributed by atoms with van der Waals surface area (Å²) in [6, 6.07) is -0.473. The van der Waals surface area contributed by atoms with E-state index in [4.69, 9.17) is 0 Å². The average molecular weight is 274 g/mol. The smallest absolute Gasteiger partial charge is 0.253 e. The molecular weight excluding hydrogens is 264 g/mol. The van der Waals surface area contributed by atoms with Gasteiger partial charge >= 0.3 is 0 Å². The van der Waals surface area contributed by atoms with Crippen LogP contribution in [-0.2, 0) is 6.54 Å². The van der Waals surface area contributed by atoms with Crippen molar-refractivity contribution in [3.8, 4) is 0 Å². The van der Waals surface area contributed by atoms with E-state index >= 15 is 0 Å². The maximum absolute atomic E-state index is 13.4. The maximum Gasteiger partial charge on any atom is 0.253 e. The fraction of sp³-hybridized carbons (Fsp3) is 0.273. The third kappa shape index (κ3) is 2.83. The minimum atomic E-state index is -1.68. The molecule has 2 heterocycles. The highest BCUT2D eigenvalue weighted by atomic mass is 19.2. The number of nitrogens with zero attached hydrogens (tertiary/aromatic N) is 3. The van der Waals surface area contributed by atoms with E-state index in [1.807, 2.05) is 0 Å². The second-order valence-corrected chi connectivity index (χ2v) is 4.00. The average Bonchev–Trinajstić information content (AvgIpc) is 2.85. The van der Waals surface area contributed by atoms with Gasteiger partial charge in [-0.15, -0.1) is 0 Å². The fourth-order valence-electron chi connectivity index (χ4n) is 1.62. The van der Waals surface area contributed by atoms with Crippen LogP contribution in [0.2, 0.25) is 0 Å². The van der Waals surface area contributed by atoms with Crippen LogP contribution in [-0.4, -0.2) is 20.6 Å². The van der Waals surface area contributed by atoms with Gasteiger partial charge in [-0.25, -0.2) is 4.98 Å². The Morgan fingerprint density at radius 1 is 1.21 bits per heavy atom. The lowest BCUT2D eigenvalue weighted by Crippen LogP contribution is -2.23. The van der Waals surface area contributed by atoms with Crippen LogP contribution in [0.15, 0.2) is 18.7 Å². The Balaban J connectivity index is 2.19. The molecule has 2 rings (SSSR count). The summed E-state index contributed by atoms with van der Waals surface area (Å²) >= 11 is 0. The van der Waals surface area contributed by atoms with E-state index in [2.05, 4.69) is 15.3 Å². The van der Waals surface area contributed by atoms with Crippen LogP contribution in [0.4, 0.5) is 23.2 Å². The zero-order valence-corrected chi connectivity index (χ0v) is 9.87. The molecule has 0 fully saturated rings. The molecule has 102 valence electrons. The Morgan fingerprint density at radius 3 is 2.37 bits per heavy atom. The van der Waals surface area contributed by atoms with Gasteiger partial charge in [0.15, 0.2) is 0 Å². The molecule has 19 heavy (non-hydrogen) atoms. The van der Waals surface area contributed by atoms with Crippen molar-refractivity contribution >= 4 is 5.69 Å². The van der Waals surface area contributed by atoms with Gasteiger partial charge in [0.1, 0.15) is 5.69 Å². The summed E-state index contributed by atoms with van der Waals surface area (Å²) in [5, 5.41) is 2.38. The second-order valence-electron chi connectivity index (χ2n) is 4.00. The number of halogens is 4. The van der Waals surface area contributed by atoms with Crippen molar-refractivity contribution in [2.75, 3.05) is 5.32 Å². The van der Waals surface area contributed by atoms with Crippen LogP contribution in [0, 0.1) is 23.5 Å². The Morgan fingerprint density at radius 2 is 1.84 bits per heavy atom. The third-order valence-corrected chi connectivity index (χ3v) is 2.43. The van der Waals surface area contributed by atoms with Crippen molar-refractivity contribution in [3.05, 3.63) is 42.3 Å². The van der Waals surface area contributed by atoms with Crippen LogP contribution < -0.4 is 5.32 Å². The first-order chi connectivity index (χ1) is 8.99. The number of pyridine rings is 1. The van der Waals surface area contributed by atoms with Crippen LogP contribution in [0.3, 0.4) is 0 Å². The lowest BCUT2D eigenvalue weighted by molar-refractivity contribution is 0.409. The molecule has 8 heteroatoms. The molecule has 0 aliphatic rings. The molecule has 2 aromatic rings. The Bertz CT molecular complexity index is 544. The lowest BCUT2D eigenvalue weighted by Gasteiger charge is -2.16. The van der Waals surface area contributed by atoms with Gasteiger partial charge in [0.05, 0.1) is 6.33 Å². The van der Waals surface area contributed by atoms with E-state index < -0.39 is 35.3 Å². The topological polar surface area (TPSA) is 42.7 Å². The summed E-state index contributed by atoms with van der Waals surface area (Å²) in [4.78, 5) is 6.28. The van der Waals surface area contributed by atoms with E-state index in [9.17, 15) is 17.6 Å². The summed E-state index contributed by atoms with van der Waals surface area (Å²) in [5.74, 6) is -6.46. The van der Waals surface area contributed by atoms with Crippen molar-refractivity contribution in [2.24, 2.45) is 0 Å². The van der Waals surface area contributed by atoms with E-state index in [-0.39, 0.29) is 0 Å². The molecule has 0 saturated carbocycles. The van der Waals surface area contributed by atoms with E-state index in [0.717, 1.165) is 0 Å². The summed E-state index contributed by atoms with van der Waals surface area (Å²) in [5.41, 5.74) is -0.863. The molecule has 0 aliphatic heterocycles. The van der Waals surface area contributed by atoms with E-state index in [0.29, 0.717) is 6.54 Å². The van der Waals surface area contributed by atoms with Gasteiger partial charge < -0.3 is 9.88 Å². The third-order valence-electron chi connectivity index (χ3n) is 2.43. The van der Waals surface area contributed by atoms with Crippen LogP contribution >= 0.6 is 0 Å². The Kier molecular flexibility index (Phi) is 3.68. The standard InChI is InChI=1S/C11H10F4N4/c1-6(4-19-3-2-16-5-19)17-9-7(12)10(14)18-11(15)8(9)13/h2-3,5-6H,4H2,1H3,(H,17,18). The van der Waals surface area contributed by atoms with Gasteiger partial charge in [-0.2, -0.15) is 22.5 Å². The summed E-state index contributed by atoms with van der Waals surface area (Å²) in [7, 11) is 0. The molecule has 4 nitrogen and oxygen atoms in total. The lowest BCUT2D eigenvalue weighted by atomic mass is 10.3. The molecule has 0 aliphatic carbocycles. The zero-order valence-electron chi connectivity index (χ0n) is 9.87. The van der Waals surface area contributed by atoms with Gasteiger partial charge in [0, 0.05) is 25.0 Å². The minimum Gasteiger partial charge on any atom is -0.376 e. The van der Waals surface area contributed by atoms with Gasteiger partial charge in [0.25, 0.3) is 11.9 Å². The van der Waals surface area contributed by atoms with Crippen molar-refractivity contribution in [1.29, 1.82) is 0 Å². The van der Waals surface area contributed by atoms with Crippen molar-refractivity contribution in [2.45, 2.75) is 19.5 Å². The SMILES string of the molecule is CC(Cn1ccnc1)Nc1c(F)c(F)nc(F)c1F. The predicted octanol–water partition coefficient (Wildman–Crippen LogP) is 2.34. The molecule has 0 spiro atoms. The molecule has 0 radical (unpaired) electrons. The number of hydrogen-bond acceptors (Lipinski definition) is 3. The van der Waals surface area contributed by atoms with Crippen LogP contribution in [0.5, 0.6) is 0 Å². The Labute approximate surface area is 106 Å². The summed E-state index contributed by atoms with van der Waals surface area (Å²) in [6.07, 6.45) is 4.71. The predicted molar refractivity (Wildman–Crippen MR) is 59.4 cm³/mol. The summed E-state index contributed by atoms with van der Waals surface area (Å²) < 4.78 is 54.2. The molecule has 1 N–H and O–H groups in total. The number of imidazole rings is 1. The number of nitrogens with one attached hydrogen (secondary N) is 1. The number of rotatable bonds is 4. The first-order valence-electron chi connectivity index (χ1n) is 5.41. The monoisotopic (exact) mass is 274 g/mol. The van der Waals surface area contributed by atoms with Gasteiger partial charge in [-0.1, -0.05) is 0 Å². The van der Waals surface area contributed by atoms with Crippen molar-refractivity contribution in [1.82, 2.24) is 14.5 Å². The number of anilines is 1. The highest BCUT2D eigenvalue weighted by Crippen LogP contribution is 2.22.